The molecule has 2 aromatic rings. The minimum Gasteiger partial charge on any atom is -0.0587 e. The van der Waals surface area contributed by atoms with Crippen LogP contribution in [0.5, 0.6) is 0 Å². The van der Waals surface area contributed by atoms with Gasteiger partial charge < -0.3 is 0 Å². The van der Waals surface area contributed by atoms with Gasteiger partial charge in [-0.25, -0.2) is 0 Å². The van der Waals surface area contributed by atoms with Gasteiger partial charge in [0.15, 0.2) is 0 Å². The molecule has 0 aliphatic carbocycles. The van der Waals surface area contributed by atoms with Gasteiger partial charge in [-0.1, -0.05) is 75.7 Å². The summed E-state index contributed by atoms with van der Waals surface area (Å²) in [6.07, 6.45) is 0. The van der Waals surface area contributed by atoms with Crippen LogP contribution in [0.15, 0.2) is 42.5 Å². The highest BCUT2D eigenvalue weighted by Gasteiger charge is 2.11. The predicted octanol–water partition coefficient (Wildman–Crippen LogP) is 5.91. The Kier molecular flexibility index (Phi) is 4.09. The predicted molar refractivity (Wildman–Crippen MR) is 84.8 cm³/mol. The van der Waals surface area contributed by atoms with Crippen LogP contribution >= 0.6 is 0 Å². The van der Waals surface area contributed by atoms with E-state index in [1.165, 1.54) is 27.8 Å². The summed E-state index contributed by atoms with van der Waals surface area (Å²) in [5, 5.41) is 0. The Bertz CT molecular complexity index is 545. The van der Waals surface area contributed by atoms with Crippen molar-refractivity contribution in [2.24, 2.45) is 0 Å². The molecule has 0 unspecified atom stereocenters. The lowest BCUT2D eigenvalue weighted by atomic mass is 9.88. The zero-order valence-electron chi connectivity index (χ0n) is 12.7. The van der Waals surface area contributed by atoms with Gasteiger partial charge in [-0.05, 0) is 41.0 Å². The molecule has 2 aromatic carbocycles. The van der Waals surface area contributed by atoms with Crippen molar-refractivity contribution in [3.63, 3.8) is 0 Å². The molecule has 0 N–H and O–H groups in total. The molecular formula is C19H24. The van der Waals surface area contributed by atoms with Crippen molar-refractivity contribution in [2.45, 2.75) is 46.5 Å². The van der Waals surface area contributed by atoms with Crippen molar-refractivity contribution in [1.29, 1.82) is 0 Å². The second-order valence-corrected chi connectivity index (χ2v) is 6.02. The Balaban J connectivity index is 2.49. The number of rotatable bonds is 3. The quantitative estimate of drug-likeness (QED) is 0.637. The number of hydrogen-bond acceptors (Lipinski definition) is 0. The van der Waals surface area contributed by atoms with Crippen molar-refractivity contribution < 1.29 is 0 Å². The van der Waals surface area contributed by atoms with E-state index in [2.05, 4.69) is 77.1 Å². The van der Waals surface area contributed by atoms with Crippen LogP contribution in [0.1, 0.15) is 56.2 Å². The third-order valence-corrected chi connectivity index (χ3v) is 3.72. The van der Waals surface area contributed by atoms with Crippen LogP contribution in [0.3, 0.4) is 0 Å². The lowest BCUT2D eigenvalue weighted by Gasteiger charge is -2.17. The summed E-state index contributed by atoms with van der Waals surface area (Å²) in [7, 11) is 0. The monoisotopic (exact) mass is 252 g/mol. The SMILES string of the molecule is Cc1ccc(-c2ccc(C(C)C)c(C(C)C)c2)cc1. The third-order valence-electron chi connectivity index (χ3n) is 3.72. The van der Waals surface area contributed by atoms with Crippen molar-refractivity contribution in [2.75, 3.05) is 0 Å². The van der Waals surface area contributed by atoms with Gasteiger partial charge in [0.1, 0.15) is 0 Å². The summed E-state index contributed by atoms with van der Waals surface area (Å²) < 4.78 is 0. The van der Waals surface area contributed by atoms with E-state index in [1.807, 2.05) is 0 Å². The van der Waals surface area contributed by atoms with Crippen molar-refractivity contribution in [3.8, 4) is 11.1 Å². The number of benzene rings is 2. The van der Waals surface area contributed by atoms with Gasteiger partial charge in [0.05, 0.1) is 0 Å². The number of aryl methyl sites for hydroxylation is 1. The first kappa shape index (κ1) is 13.9. The smallest absolute Gasteiger partial charge is 0.0181 e. The molecule has 0 bridgehead atoms. The van der Waals surface area contributed by atoms with Gasteiger partial charge in [0.2, 0.25) is 0 Å². The van der Waals surface area contributed by atoms with E-state index in [4.69, 9.17) is 0 Å². The fourth-order valence-corrected chi connectivity index (χ4v) is 2.53. The van der Waals surface area contributed by atoms with E-state index in [1.54, 1.807) is 0 Å². The van der Waals surface area contributed by atoms with Crippen LogP contribution < -0.4 is 0 Å². The van der Waals surface area contributed by atoms with Gasteiger partial charge in [-0.3, -0.25) is 0 Å². The molecule has 0 spiro atoms. The van der Waals surface area contributed by atoms with Gasteiger partial charge in [0, 0.05) is 0 Å². The molecule has 0 aromatic heterocycles. The second kappa shape index (κ2) is 5.61. The van der Waals surface area contributed by atoms with E-state index in [9.17, 15) is 0 Å². The summed E-state index contributed by atoms with van der Waals surface area (Å²) >= 11 is 0. The zero-order chi connectivity index (χ0) is 14.0. The molecule has 0 aliphatic heterocycles. The van der Waals surface area contributed by atoms with Gasteiger partial charge in [-0.15, -0.1) is 0 Å². The van der Waals surface area contributed by atoms with Crippen LogP contribution in [0, 0.1) is 6.92 Å². The van der Waals surface area contributed by atoms with Crippen LogP contribution in [0.4, 0.5) is 0 Å². The average molecular weight is 252 g/mol. The molecule has 0 aliphatic rings. The van der Waals surface area contributed by atoms with E-state index < -0.39 is 0 Å². The Morgan fingerprint density at radius 1 is 0.632 bits per heavy atom. The molecule has 0 saturated heterocycles. The molecular weight excluding hydrogens is 228 g/mol. The van der Waals surface area contributed by atoms with Gasteiger partial charge >= 0.3 is 0 Å². The third kappa shape index (κ3) is 3.07. The van der Waals surface area contributed by atoms with Crippen molar-refractivity contribution in [1.82, 2.24) is 0 Å². The van der Waals surface area contributed by atoms with Crippen LogP contribution in [-0.2, 0) is 0 Å². The highest BCUT2D eigenvalue weighted by molar-refractivity contribution is 5.65. The maximum atomic E-state index is 2.37. The maximum absolute atomic E-state index is 2.37. The Morgan fingerprint density at radius 3 is 1.68 bits per heavy atom. The first-order valence-corrected chi connectivity index (χ1v) is 7.20. The molecule has 0 atom stereocenters. The average Bonchev–Trinajstić information content (AvgIpc) is 2.38. The van der Waals surface area contributed by atoms with Crippen LogP contribution in [0.2, 0.25) is 0 Å². The van der Waals surface area contributed by atoms with E-state index in [0.717, 1.165) is 0 Å². The van der Waals surface area contributed by atoms with Crippen LogP contribution in [0.25, 0.3) is 11.1 Å². The highest BCUT2D eigenvalue weighted by Crippen LogP contribution is 2.31. The molecule has 0 nitrogen and oxygen atoms in total. The van der Waals surface area contributed by atoms with E-state index >= 15 is 0 Å². The van der Waals surface area contributed by atoms with Crippen molar-refractivity contribution in [3.05, 3.63) is 59.2 Å². The Morgan fingerprint density at radius 2 is 1.16 bits per heavy atom. The lowest BCUT2D eigenvalue weighted by Crippen LogP contribution is -1.99. The topological polar surface area (TPSA) is 0 Å². The second-order valence-electron chi connectivity index (χ2n) is 6.02. The highest BCUT2D eigenvalue weighted by atomic mass is 14.2. The fraction of sp³-hybridized carbons (Fsp3) is 0.368. The molecule has 0 heteroatoms. The lowest BCUT2D eigenvalue weighted by molar-refractivity contribution is 0.791. The van der Waals surface area contributed by atoms with Crippen molar-refractivity contribution >= 4 is 0 Å². The van der Waals surface area contributed by atoms with Gasteiger partial charge in [0.25, 0.3) is 0 Å². The summed E-state index contributed by atoms with van der Waals surface area (Å²) in [6.45, 7) is 11.2. The summed E-state index contributed by atoms with van der Waals surface area (Å²) in [5.41, 5.74) is 6.90. The molecule has 0 heterocycles. The minimum absolute atomic E-state index is 0.572. The van der Waals surface area contributed by atoms with Crippen LogP contribution in [-0.4, -0.2) is 0 Å². The molecule has 19 heavy (non-hydrogen) atoms. The Labute approximate surface area is 117 Å². The molecule has 0 amide bonds. The zero-order valence-corrected chi connectivity index (χ0v) is 12.7. The molecule has 2 rings (SSSR count). The fourth-order valence-electron chi connectivity index (χ4n) is 2.53. The summed E-state index contributed by atoms with van der Waals surface area (Å²) in [5.74, 6) is 1.16. The Hall–Kier alpha value is -1.56. The normalized spacial score (nSPS) is 11.3. The molecule has 0 radical (unpaired) electrons. The minimum atomic E-state index is 0.572. The first-order valence-electron chi connectivity index (χ1n) is 7.20. The van der Waals surface area contributed by atoms with E-state index in [-0.39, 0.29) is 0 Å². The molecule has 0 fully saturated rings. The standard InChI is InChI=1S/C19H24/c1-13(2)18-11-10-17(12-19(18)14(3)4)16-8-6-15(5)7-9-16/h6-14H,1-5H3. The largest absolute Gasteiger partial charge is 0.0587 e. The summed E-state index contributed by atoms with van der Waals surface area (Å²) in [6, 6.07) is 15.7. The maximum Gasteiger partial charge on any atom is -0.0181 e. The first-order chi connectivity index (χ1) is 8.99. The molecule has 100 valence electrons. The van der Waals surface area contributed by atoms with Gasteiger partial charge in [-0.2, -0.15) is 0 Å². The summed E-state index contributed by atoms with van der Waals surface area (Å²) in [4.78, 5) is 0. The van der Waals surface area contributed by atoms with E-state index in [0.29, 0.717) is 11.8 Å². The molecule has 0 saturated carbocycles. The number of hydrogen-bond donors (Lipinski definition) is 0.